The van der Waals surface area contributed by atoms with Crippen LogP contribution < -0.4 is 5.32 Å². The summed E-state index contributed by atoms with van der Waals surface area (Å²) >= 11 is 0. The summed E-state index contributed by atoms with van der Waals surface area (Å²) in [7, 11) is 1.85. The van der Waals surface area contributed by atoms with Gasteiger partial charge in [-0.2, -0.15) is 0 Å². The van der Waals surface area contributed by atoms with Gasteiger partial charge >= 0.3 is 0 Å². The Morgan fingerprint density at radius 2 is 1.92 bits per heavy atom. The third-order valence-corrected chi connectivity index (χ3v) is 6.08. The number of ether oxygens (including phenoxy) is 1. The highest BCUT2D eigenvalue weighted by molar-refractivity contribution is 5.80. The molecule has 2 N–H and O–H groups in total. The van der Waals surface area contributed by atoms with Gasteiger partial charge in [0.25, 0.3) is 0 Å². The van der Waals surface area contributed by atoms with Crippen molar-refractivity contribution < 1.29 is 9.84 Å². The molecule has 1 saturated carbocycles. The van der Waals surface area contributed by atoms with E-state index in [1.165, 1.54) is 45.1 Å². The Kier molecular flexibility index (Phi) is 7.37. The first kappa shape index (κ1) is 18.9. The van der Waals surface area contributed by atoms with Gasteiger partial charge in [0.05, 0.1) is 19.3 Å². The van der Waals surface area contributed by atoms with Crippen LogP contribution in [0.4, 0.5) is 0 Å². The summed E-state index contributed by atoms with van der Waals surface area (Å²) in [6.45, 7) is 7.81. The van der Waals surface area contributed by atoms with Gasteiger partial charge in [0.1, 0.15) is 0 Å². The number of aliphatic hydroxyl groups is 1. The first-order chi connectivity index (χ1) is 12.3. The van der Waals surface area contributed by atoms with Crippen LogP contribution in [0.15, 0.2) is 4.99 Å². The third kappa shape index (κ3) is 5.56. The van der Waals surface area contributed by atoms with Crippen LogP contribution in [0.2, 0.25) is 0 Å². The average molecular weight is 353 g/mol. The third-order valence-electron chi connectivity index (χ3n) is 6.08. The lowest BCUT2D eigenvalue weighted by Crippen LogP contribution is -2.45. The Morgan fingerprint density at radius 1 is 1.16 bits per heavy atom. The minimum Gasteiger partial charge on any atom is -0.391 e. The largest absolute Gasteiger partial charge is 0.391 e. The molecule has 25 heavy (non-hydrogen) atoms. The predicted molar refractivity (Wildman–Crippen MR) is 101 cm³/mol. The molecule has 1 aliphatic carbocycles. The Labute approximate surface area is 152 Å². The number of aliphatic imine (C=N–C) groups is 1. The van der Waals surface area contributed by atoms with Crippen molar-refractivity contribution in [1.29, 1.82) is 0 Å². The number of hydrogen-bond acceptors (Lipinski definition) is 4. The highest BCUT2D eigenvalue weighted by Gasteiger charge is 2.28. The summed E-state index contributed by atoms with van der Waals surface area (Å²) in [5.41, 5.74) is 0. The maximum absolute atomic E-state index is 10.5. The van der Waals surface area contributed by atoms with Gasteiger partial charge in [0.15, 0.2) is 5.96 Å². The maximum Gasteiger partial charge on any atom is 0.193 e. The zero-order valence-corrected chi connectivity index (χ0v) is 15.8. The topological polar surface area (TPSA) is 60.3 Å². The number of nitrogens with one attached hydrogen (secondary N) is 1. The molecule has 0 aromatic heterocycles. The van der Waals surface area contributed by atoms with Crippen LogP contribution in [0.3, 0.4) is 0 Å². The molecule has 6 nitrogen and oxygen atoms in total. The van der Waals surface area contributed by atoms with E-state index in [1.54, 1.807) is 0 Å². The second kappa shape index (κ2) is 9.74. The normalized spacial score (nSPS) is 28.3. The van der Waals surface area contributed by atoms with E-state index >= 15 is 0 Å². The lowest BCUT2D eigenvalue weighted by molar-refractivity contribution is 0.0315. The van der Waals surface area contributed by atoms with Crippen LogP contribution in [-0.4, -0.2) is 86.5 Å². The highest BCUT2D eigenvalue weighted by Crippen LogP contribution is 2.26. The van der Waals surface area contributed by atoms with Crippen LogP contribution in [0.1, 0.15) is 38.5 Å². The van der Waals surface area contributed by atoms with Crippen molar-refractivity contribution in [2.45, 2.75) is 44.6 Å². The van der Waals surface area contributed by atoms with E-state index in [9.17, 15) is 5.11 Å². The molecule has 0 aromatic rings. The number of aliphatic hydroxyl groups excluding tert-OH is 1. The summed E-state index contributed by atoms with van der Waals surface area (Å²) in [4.78, 5) is 9.34. The van der Waals surface area contributed by atoms with Crippen molar-refractivity contribution >= 4 is 5.96 Å². The molecule has 0 aromatic carbocycles. The number of rotatable bonds is 5. The minimum atomic E-state index is -0.246. The molecule has 0 spiro atoms. The van der Waals surface area contributed by atoms with Crippen LogP contribution >= 0.6 is 0 Å². The van der Waals surface area contributed by atoms with Gasteiger partial charge in [0.2, 0.25) is 0 Å². The van der Waals surface area contributed by atoms with Crippen LogP contribution in [-0.2, 0) is 4.74 Å². The Balaban J connectivity index is 1.40. The number of morpholine rings is 1. The lowest BCUT2D eigenvalue weighted by atomic mass is 9.85. The second-order valence-electron chi connectivity index (χ2n) is 7.91. The molecule has 2 atom stereocenters. The first-order valence-electron chi connectivity index (χ1n) is 10.2. The number of nitrogens with zero attached hydrogens (tertiary/aromatic N) is 3. The molecule has 2 heterocycles. The fourth-order valence-electron chi connectivity index (χ4n) is 4.54. The Morgan fingerprint density at radius 3 is 2.64 bits per heavy atom. The van der Waals surface area contributed by atoms with E-state index in [1.807, 2.05) is 7.05 Å². The summed E-state index contributed by atoms with van der Waals surface area (Å²) in [5.74, 6) is 2.13. The predicted octanol–water partition coefficient (Wildman–Crippen LogP) is 1.16. The van der Waals surface area contributed by atoms with Crippen molar-refractivity contribution in [3.8, 4) is 0 Å². The smallest absolute Gasteiger partial charge is 0.193 e. The molecular weight excluding hydrogens is 316 g/mol. The number of hydrogen-bond donors (Lipinski definition) is 2. The van der Waals surface area contributed by atoms with Crippen molar-refractivity contribution in [2.24, 2.45) is 16.8 Å². The van der Waals surface area contributed by atoms with Crippen LogP contribution in [0.25, 0.3) is 0 Å². The van der Waals surface area contributed by atoms with Crippen molar-refractivity contribution in [3.05, 3.63) is 0 Å². The van der Waals surface area contributed by atoms with Gasteiger partial charge in [-0.25, -0.2) is 0 Å². The van der Waals surface area contributed by atoms with Gasteiger partial charge in [-0.05, 0) is 31.1 Å². The zero-order chi connectivity index (χ0) is 17.5. The monoisotopic (exact) mass is 352 g/mol. The van der Waals surface area contributed by atoms with Crippen LogP contribution in [0.5, 0.6) is 0 Å². The van der Waals surface area contributed by atoms with Gasteiger partial charge < -0.3 is 20.1 Å². The van der Waals surface area contributed by atoms with E-state index in [0.29, 0.717) is 18.4 Å². The molecule has 3 aliphatic rings. The Bertz CT molecular complexity index is 420. The SMILES string of the molecule is CN=C(NCC(O)C1CCCCC1)N1CCC(CN2CCOCC2)C1. The Hall–Kier alpha value is -0.850. The van der Waals surface area contributed by atoms with Gasteiger partial charge in [0, 0.05) is 46.3 Å². The van der Waals surface area contributed by atoms with Crippen molar-refractivity contribution in [2.75, 3.05) is 59.5 Å². The van der Waals surface area contributed by atoms with Crippen molar-refractivity contribution in [1.82, 2.24) is 15.1 Å². The van der Waals surface area contributed by atoms with Gasteiger partial charge in [-0.3, -0.25) is 9.89 Å². The second-order valence-corrected chi connectivity index (χ2v) is 7.91. The van der Waals surface area contributed by atoms with E-state index in [4.69, 9.17) is 4.74 Å². The summed E-state index contributed by atoms with van der Waals surface area (Å²) in [5, 5.41) is 13.9. The standard InChI is InChI=1S/C19H36N4O2/c1-20-19(21-13-18(24)17-5-3-2-4-6-17)23-8-7-16(15-23)14-22-9-11-25-12-10-22/h16-18,24H,2-15H2,1H3,(H,20,21). The molecule has 0 amide bonds. The fourth-order valence-corrected chi connectivity index (χ4v) is 4.54. The summed E-state index contributed by atoms with van der Waals surface area (Å²) in [6, 6.07) is 0. The van der Waals surface area contributed by atoms with Crippen LogP contribution in [0, 0.1) is 11.8 Å². The lowest BCUT2D eigenvalue weighted by Gasteiger charge is -2.30. The van der Waals surface area contributed by atoms with E-state index < -0.39 is 0 Å². The molecule has 0 bridgehead atoms. The fraction of sp³-hybridized carbons (Fsp3) is 0.947. The zero-order valence-electron chi connectivity index (χ0n) is 15.8. The molecule has 2 aliphatic heterocycles. The quantitative estimate of drug-likeness (QED) is 0.574. The molecule has 3 fully saturated rings. The number of guanidine groups is 1. The molecule has 3 rings (SSSR count). The molecule has 0 radical (unpaired) electrons. The van der Waals surface area contributed by atoms with E-state index in [0.717, 1.165) is 45.4 Å². The van der Waals surface area contributed by atoms with Gasteiger partial charge in [-0.15, -0.1) is 0 Å². The maximum atomic E-state index is 10.5. The molecule has 144 valence electrons. The van der Waals surface area contributed by atoms with Crippen molar-refractivity contribution in [3.63, 3.8) is 0 Å². The molecule has 2 saturated heterocycles. The number of likely N-dealkylation sites (tertiary alicyclic amines) is 1. The summed E-state index contributed by atoms with van der Waals surface area (Å²) < 4.78 is 5.44. The molecule has 2 unspecified atom stereocenters. The first-order valence-corrected chi connectivity index (χ1v) is 10.2. The van der Waals surface area contributed by atoms with Gasteiger partial charge in [-0.1, -0.05) is 19.3 Å². The molecule has 6 heteroatoms. The van der Waals surface area contributed by atoms with E-state index in [2.05, 4.69) is 20.1 Å². The highest BCUT2D eigenvalue weighted by atomic mass is 16.5. The minimum absolute atomic E-state index is 0.246. The summed E-state index contributed by atoms with van der Waals surface area (Å²) in [6.07, 6.45) is 7.20. The molecular formula is C19H36N4O2. The average Bonchev–Trinajstić information content (AvgIpc) is 3.12. The van der Waals surface area contributed by atoms with E-state index in [-0.39, 0.29) is 6.10 Å².